The van der Waals surface area contributed by atoms with Crippen molar-refractivity contribution in [2.24, 2.45) is 0 Å². The van der Waals surface area contributed by atoms with E-state index in [4.69, 9.17) is 9.47 Å². The summed E-state index contributed by atoms with van der Waals surface area (Å²) in [4.78, 5) is 0. The van der Waals surface area contributed by atoms with E-state index >= 15 is 0 Å². The lowest BCUT2D eigenvalue weighted by Gasteiger charge is -2.19. The van der Waals surface area contributed by atoms with Gasteiger partial charge in [-0.2, -0.15) is 0 Å². The fraction of sp³-hybridized carbons (Fsp3) is 1.00. The molecule has 3 nitrogen and oxygen atoms in total. The van der Waals surface area contributed by atoms with Crippen LogP contribution in [0, 0.1) is 0 Å². The monoisotopic (exact) mass is 339 g/mol. The second-order valence-corrected chi connectivity index (χ2v) is 7.63. The summed E-state index contributed by atoms with van der Waals surface area (Å²) in [6, 6.07) is 0.845. The van der Waals surface area contributed by atoms with E-state index in [1.165, 1.54) is 77.0 Å². The largest absolute Gasteiger partial charge is 0.382 e. The van der Waals surface area contributed by atoms with Crippen molar-refractivity contribution in [3.8, 4) is 0 Å². The Bertz CT molecular complexity index is 278. The maximum absolute atomic E-state index is 5.89. The summed E-state index contributed by atoms with van der Waals surface area (Å²) in [5.41, 5.74) is 0. The quantitative estimate of drug-likeness (QED) is 0.340. The van der Waals surface area contributed by atoms with Crippen LogP contribution in [0.2, 0.25) is 0 Å². The standard InChI is InChI=1S/C20H42BNO2/c1-3-4-5-6-7-8-9-10-11-12-13-14-15-22-18-16-20(21)24-19(18)17-23-2/h18-20,22H,3-17,21H2,1-2H3/t18-,19-,20?/m1/s1. The lowest BCUT2D eigenvalue weighted by molar-refractivity contribution is 0.0161. The third-order valence-corrected chi connectivity index (χ3v) is 5.21. The molecule has 142 valence electrons. The molecule has 0 aromatic heterocycles. The molecule has 1 aliphatic rings. The molecule has 0 radical (unpaired) electrons. The molecule has 0 spiro atoms. The second kappa shape index (κ2) is 15.2. The Morgan fingerprint density at radius 2 is 1.46 bits per heavy atom. The highest BCUT2D eigenvalue weighted by Gasteiger charge is 2.31. The van der Waals surface area contributed by atoms with Crippen molar-refractivity contribution in [2.45, 2.75) is 109 Å². The minimum absolute atomic E-state index is 0.238. The molecule has 0 aliphatic carbocycles. The molecule has 4 heteroatoms. The van der Waals surface area contributed by atoms with Crippen molar-refractivity contribution < 1.29 is 9.47 Å². The highest BCUT2D eigenvalue weighted by Crippen LogP contribution is 2.19. The normalized spacial score (nSPS) is 23.8. The zero-order valence-electron chi connectivity index (χ0n) is 16.7. The van der Waals surface area contributed by atoms with Gasteiger partial charge in [-0.1, -0.05) is 77.6 Å². The summed E-state index contributed by atoms with van der Waals surface area (Å²) in [6.45, 7) is 4.12. The lowest BCUT2D eigenvalue weighted by atomic mass is 9.95. The van der Waals surface area contributed by atoms with Crippen LogP contribution in [0.15, 0.2) is 0 Å². The summed E-state index contributed by atoms with van der Waals surface area (Å²) in [6.07, 6.45) is 18.3. The van der Waals surface area contributed by atoms with Gasteiger partial charge in [0.05, 0.1) is 12.7 Å². The van der Waals surface area contributed by atoms with Crippen LogP contribution in [0.25, 0.3) is 0 Å². The van der Waals surface area contributed by atoms with Crippen LogP contribution in [0.1, 0.15) is 90.4 Å². The molecule has 24 heavy (non-hydrogen) atoms. The summed E-state index contributed by atoms with van der Waals surface area (Å²) in [5, 5.41) is 3.68. The first-order valence-electron chi connectivity index (χ1n) is 10.7. The predicted octanol–water partition coefficient (Wildman–Crippen LogP) is 4.04. The molecule has 1 rings (SSSR count). The molecule has 0 aromatic rings. The molecule has 0 aromatic carbocycles. The summed E-state index contributed by atoms with van der Waals surface area (Å²) in [5.74, 6) is 0. The Balaban J connectivity index is 1.83. The third kappa shape index (κ3) is 10.7. The van der Waals surface area contributed by atoms with Crippen LogP contribution in [-0.4, -0.2) is 46.3 Å². The molecular formula is C20H42BNO2. The molecule has 1 aliphatic heterocycles. The third-order valence-electron chi connectivity index (χ3n) is 5.21. The van der Waals surface area contributed by atoms with E-state index in [2.05, 4.69) is 20.1 Å². The van der Waals surface area contributed by atoms with E-state index in [1.807, 2.05) is 0 Å². The minimum Gasteiger partial charge on any atom is -0.382 e. The zero-order valence-corrected chi connectivity index (χ0v) is 16.7. The summed E-state index contributed by atoms with van der Waals surface area (Å²) < 4.78 is 11.1. The van der Waals surface area contributed by atoms with E-state index in [0.29, 0.717) is 18.7 Å². The number of rotatable bonds is 16. The first-order chi connectivity index (χ1) is 11.8. The Hall–Kier alpha value is -0.0551. The smallest absolute Gasteiger partial charge is 0.139 e. The molecular weight excluding hydrogens is 297 g/mol. The van der Waals surface area contributed by atoms with E-state index < -0.39 is 0 Å². The van der Waals surface area contributed by atoms with Crippen molar-refractivity contribution in [2.75, 3.05) is 20.3 Å². The van der Waals surface area contributed by atoms with Crippen molar-refractivity contribution in [1.82, 2.24) is 5.32 Å². The minimum atomic E-state index is 0.238. The van der Waals surface area contributed by atoms with Crippen molar-refractivity contribution >= 4 is 7.85 Å². The molecule has 1 N–H and O–H groups in total. The van der Waals surface area contributed by atoms with Crippen LogP contribution in [0.5, 0.6) is 0 Å². The molecule has 1 fully saturated rings. The fourth-order valence-corrected chi connectivity index (χ4v) is 3.75. The topological polar surface area (TPSA) is 30.5 Å². The SMILES string of the molecule is BC1C[C@@H](NCCCCCCCCCCCCCC)[C@@H](COC)O1. The predicted molar refractivity (Wildman–Crippen MR) is 107 cm³/mol. The first-order valence-corrected chi connectivity index (χ1v) is 10.7. The van der Waals surface area contributed by atoms with Crippen LogP contribution >= 0.6 is 0 Å². The Morgan fingerprint density at radius 1 is 0.917 bits per heavy atom. The Labute approximate surface area is 152 Å². The van der Waals surface area contributed by atoms with Gasteiger partial charge in [-0.25, -0.2) is 0 Å². The van der Waals surface area contributed by atoms with Gasteiger partial charge in [0.1, 0.15) is 7.85 Å². The molecule has 3 atom stereocenters. The van der Waals surface area contributed by atoms with E-state index in [0.717, 1.165) is 13.0 Å². The molecule has 1 unspecified atom stereocenters. The van der Waals surface area contributed by atoms with Gasteiger partial charge in [-0.15, -0.1) is 0 Å². The highest BCUT2D eigenvalue weighted by atomic mass is 16.5. The highest BCUT2D eigenvalue weighted by molar-refractivity contribution is 6.11. The number of nitrogens with one attached hydrogen (secondary N) is 1. The average Bonchev–Trinajstić information content (AvgIpc) is 2.92. The van der Waals surface area contributed by atoms with Gasteiger partial charge in [0.2, 0.25) is 0 Å². The molecule has 1 saturated heterocycles. The van der Waals surface area contributed by atoms with Gasteiger partial charge in [0.15, 0.2) is 0 Å². The number of methoxy groups -OCH3 is 1. The van der Waals surface area contributed by atoms with Gasteiger partial charge in [-0.3, -0.25) is 0 Å². The Morgan fingerprint density at radius 3 is 2.00 bits per heavy atom. The summed E-state index contributed by atoms with van der Waals surface area (Å²) in [7, 11) is 3.92. The molecule has 1 heterocycles. The Kier molecular flexibility index (Phi) is 13.9. The van der Waals surface area contributed by atoms with Crippen molar-refractivity contribution in [3.05, 3.63) is 0 Å². The van der Waals surface area contributed by atoms with Crippen molar-refractivity contribution in [1.29, 1.82) is 0 Å². The molecule has 0 bridgehead atoms. The van der Waals surface area contributed by atoms with E-state index in [9.17, 15) is 0 Å². The number of unbranched alkanes of at least 4 members (excludes halogenated alkanes) is 11. The van der Waals surface area contributed by atoms with Crippen molar-refractivity contribution in [3.63, 3.8) is 0 Å². The zero-order chi connectivity index (χ0) is 17.5. The van der Waals surface area contributed by atoms with E-state index in [-0.39, 0.29) is 6.10 Å². The molecule has 0 saturated carbocycles. The summed E-state index contributed by atoms with van der Waals surface area (Å²) >= 11 is 0. The fourth-order valence-electron chi connectivity index (χ4n) is 3.75. The van der Waals surface area contributed by atoms with Gasteiger partial charge in [-0.05, 0) is 19.4 Å². The van der Waals surface area contributed by atoms with Crippen LogP contribution in [0.3, 0.4) is 0 Å². The van der Waals surface area contributed by atoms with E-state index in [1.54, 1.807) is 7.11 Å². The van der Waals surface area contributed by atoms with Crippen LogP contribution in [-0.2, 0) is 9.47 Å². The molecule has 0 amide bonds. The number of ether oxygens (including phenoxy) is 2. The van der Waals surface area contributed by atoms with Gasteiger partial charge in [0, 0.05) is 19.2 Å². The second-order valence-electron chi connectivity index (χ2n) is 7.63. The van der Waals surface area contributed by atoms with Crippen LogP contribution < -0.4 is 5.32 Å². The van der Waals surface area contributed by atoms with Gasteiger partial charge in [0.25, 0.3) is 0 Å². The number of hydrogen-bond donors (Lipinski definition) is 1. The van der Waals surface area contributed by atoms with Gasteiger partial charge >= 0.3 is 0 Å². The maximum atomic E-state index is 5.89. The number of hydrogen-bond acceptors (Lipinski definition) is 3. The average molecular weight is 339 g/mol. The van der Waals surface area contributed by atoms with Gasteiger partial charge < -0.3 is 14.8 Å². The lowest BCUT2D eigenvalue weighted by Crippen LogP contribution is -2.39. The maximum Gasteiger partial charge on any atom is 0.139 e. The first kappa shape index (κ1) is 22.0. The van der Waals surface area contributed by atoms with Crippen LogP contribution in [0.4, 0.5) is 0 Å².